The summed E-state index contributed by atoms with van der Waals surface area (Å²) in [4.78, 5) is 0.318. The van der Waals surface area contributed by atoms with Crippen LogP contribution in [0.2, 0.25) is 0 Å². The molecule has 0 aliphatic heterocycles. The van der Waals surface area contributed by atoms with Crippen LogP contribution in [0, 0.1) is 20.8 Å². The Hall–Kier alpha value is -0.600. The van der Waals surface area contributed by atoms with Gasteiger partial charge in [0.05, 0.1) is 4.83 Å². The van der Waals surface area contributed by atoms with E-state index in [1.807, 2.05) is 0 Å². The van der Waals surface area contributed by atoms with Crippen molar-refractivity contribution in [3.05, 3.63) is 56.8 Å². The molecule has 84 valence electrons. The van der Waals surface area contributed by atoms with Crippen molar-refractivity contribution in [1.82, 2.24) is 0 Å². The maximum absolute atomic E-state index is 3.79. The lowest BCUT2D eigenvalue weighted by Crippen LogP contribution is -1.94. The topological polar surface area (TPSA) is 0 Å². The summed E-state index contributed by atoms with van der Waals surface area (Å²) in [6, 6.07) is 6.67. The first-order valence-electron chi connectivity index (χ1n) is 5.33. The van der Waals surface area contributed by atoms with E-state index >= 15 is 0 Å². The van der Waals surface area contributed by atoms with Crippen LogP contribution in [-0.4, -0.2) is 0 Å². The van der Waals surface area contributed by atoms with Gasteiger partial charge < -0.3 is 0 Å². The minimum atomic E-state index is 0.318. The Morgan fingerprint density at radius 2 is 1.75 bits per heavy atom. The number of benzene rings is 1. The largest absolute Gasteiger partial charge is 0.152 e. The summed E-state index contributed by atoms with van der Waals surface area (Å²) >= 11 is 5.56. The third-order valence-electron chi connectivity index (χ3n) is 2.99. The smallest absolute Gasteiger partial charge is 0.0655 e. The van der Waals surface area contributed by atoms with Crippen molar-refractivity contribution >= 4 is 27.3 Å². The van der Waals surface area contributed by atoms with Crippen LogP contribution < -0.4 is 0 Å². The third-order valence-corrected chi connectivity index (χ3v) is 4.89. The Kier molecular flexibility index (Phi) is 3.50. The highest BCUT2D eigenvalue weighted by Crippen LogP contribution is 2.35. The quantitative estimate of drug-likeness (QED) is 0.671. The second-order valence-corrected chi connectivity index (χ2v) is 5.88. The van der Waals surface area contributed by atoms with Gasteiger partial charge in [0, 0.05) is 0 Å². The minimum absolute atomic E-state index is 0.318. The van der Waals surface area contributed by atoms with Crippen LogP contribution in [0.15, 0.2) is 29.0 Å². The molecule has 0 nitrogen and oxygen atoms in total. The summed E-state index contributed by atoms with van der Waals surface area (Å²) in [5, 5.41) is 4.43. The molecular weight excluding hydrogens is 280 g/mol. The summed E-state index contributed by atoms with van der Waals surface area (Å²) in [6.45, 7) is 6.48. The van der Waals surface area contributed by atoms with E-state index in [1.165, 1.54) is 27.8 Å². The van der Waals surface area contributed by atoms with E-state index in [0.717, 1.165) is 0 Å². The number of thiophene rings is 1. The number of halogens is 1. The molecule has 0 N–H and O–H groups in total. The van der Waals surface area contributed by atoms with Crippen molar-refractivity contribution in [1.29, 1.82) is 0 Å². The van der Waals surface area contributed by atoms with Gasteiger partial charge in [0.1, 0.15) is 0 Å². The molecule has 1 atom stereocenters. The summed E-state index contributed by atoms with van der Waals surface area (Å²) in [5.41, 5.74) is 6.79. The van der Waals surface area contributed by atoms with E-state index in [2.05, 4.69) is 65.7 Å². The zero-order valence-electron chi connectivity index (χ0n) is 9.75. The van der Waals surface area contributed by atoms with E-state index < -0.39 is 0 Å². The van der Waals surface area contributed by atoms with Crippen LogP contribution in [0.1, 0.15) is 32.6 Å². The van der Waals surface area contributed by atoms with Crippen molar-refractivity contribution in [3.63, 3.8) is 0 Å². The van der Waals surface area contributed by atoms with Gasteiger partial charge >= 0.3 is 0 Å². The van der Waals surface area contributed by atoms with Crippen LogP contribution in [0.5, 0.6) is 0 Å². The second kappa shape index (κ2) is 4.72. The van der Waals surface area contributed by atoms with Crippen molar-refractivity contribution < 1.29 is 0 Å². The lowest BCUT2D eigenvalue weighted by Gasteiger charge is -2.12. The minimum Gasteiger partial charge on any atom is -0.152 e. The molecule has 0 bridgehead atoms. The van der Waals surface area contributed by atoms with E-state index in [-0.39, 0.29) is 0 Å². The van der Waals surface area contributed by atoms with Crippen molar-refractivity contribution in [2.75, 3.05) is 0 Å². The molecule has 2 rings (SSSR count). The van der Waals surface area contributed by atoms with Crippen LogP contribution >= 0.6 is 27.3 Å². The Morgan fingerprint density at radius 3 is 2.31 bits per heavy atom. The number of hydrogen-bond donors (Lipinski definition) is 0. The standard InChI is InChI=1S/C14H15BrS/c1-9-4-5-12(6-10(9)2)14(15)13-8-16-7-11(13)3/h4-8,14H,1-3H3. The Balaban J connectivity index is 2.38. The summed E-state index contributed by atoms with van der Waals surface area (Å²) < 4.78 is 0. The fraction of sp³-hybridized carbons (Fsp3) is 0.286. The van der Waals surface area contributed by atoms with Crippen LogP contribution in [-0.2, 0) is 0 Å². The third kappa shape index (κ3) is 2.23. The molecule has 2 heteroatoms. The highest BCUT2D eigenvalue weighted by molar-refractivity contribution is 9.09. The van der Waals surface area contributed by atoms with Gasteiger partial charge in [0.15, 0.2) is 0 Å². The Labute approximate surface area is 109 Å². The fourth-order valence-corrected chi connectivity index (χ4v) is 3.56. The molecule has 1 unspecified atom stereocenters. The Bertz CT molecular complexity index is 499. The molecular formula is C14H15BrS. The monoisotopic (exact) mass is 294 g/mol. The Morgan fingerprint density at radius 1 is 1.00 bits per heavy atom. The molecule has 0 amide bonds. The number of aryl methyl sites for hydroxylation is 3. The second-order valence-electron chi connectivity index (χ2n) is 4.22. The van der Waals surface area contributed by atoms with Gasteiger partial charge in [-0.2, -0.15) is 11.3 Å². The lowest BCUT2D eigenvalue weighted by molar-refractivity contribution is 1.15. The first-order valence-corrected chi connectivity index (χ1v) is 7.19. The van der Waals surface area contributed by atoms with Gasteiger partial charge in [-0.15, -0.1) is 0 Å². The predicted molar refractivity (Wildman–Crippen MR) is 75.7 cm³/mol. The first-order chi connectivity index (χ1) is 7.59. The molecule has 2 aromatic rings. The molecule has 0 saturated carbocycles. The first kappa shape index (κ1) is 11.9. The number of rotatable bonds is 2. The van der Waals surface area contributed by atoms with Gasteiger partial charge in [-0.1, -0.05) is 34.1 Å². The molecule has 1 heterocycles. The molecule has 0 saturated heterocycles. The average Bonchev–Trinajstić information content (AvgIpc) is 2.67. The number of alkyl halides is 1. The van der Waals surface area contributed by atoms with Crippen molar-refractivity contribution in [2.24, 2.45) is 0 Å². The highest BCUT2D eigenvalue weighted by Gasteiger charge is 2.13. The van der Waals surface area contributed by atoms with E-state index in [0.29, 0.717) is 4.83 Å². The highest BCUT2D eigenvalue weighted by atomic mass is 79.9. The molecule has 1 aromatic carbocycles. The molecule has 1 aromatic heterocycles. The van der Waals surface area contributed by atoms with Gasteiger partial charge in [0.25, 0.3) is 0 Å². The van der Waals surface area contributed by atoms with Crippen molar-refractivity contribution in [2.45, 2.75) is 25.6 Å². The van der Waals surface area contributed by atoms with Gasteiger partial charge in [-0.05, 0) is 59.3 Å². The zero-order chi connectivity index (χ0) is 11.7. The van der Waals surface area contributed by atoms with E-state index in [4.69, 9.17) is 0 Å². The van der Waals surface area contributed by atoms with Gasteiger partial charge in [0.2, 0.25) is 0 Å². The van der Waals surface area contributed by atoms with Gasteiger partial charge in [-0.3, -0.25) is 0 Å². The van der Waals surface area contributed by atoms with Crippen molar-refractivity contribution in [3.8, 4) is 0 Å². The van der Waals surface area contributed by atoms with Crippen LogP contribution in [0.25, 0.3) is 0 Å². The molecule has 16 heavy (non-hydrogen) atoms. The summed E-state index contributed by atoms with van der Waals surface area (Å²) in [6.07, 6.45) is 0. The molecule has 0 fully saturated rings. The maximum atomic E-state index is 3.79. The summed E-state index contributed by atoms with van der Waals surface area (Å²) in [7, 11) is 0. The van der Waals surface area contributed by atoms with E-state index in [1.54, 1.807) is 11.3 Å². The van der Waals surface area contributed by atoms with Gasteiger partial charge in [-0.25, -0.2) is 0 Å². The molecule has 0 aliphatic rings. The van der Waals surface area contributed by atoms with Crippen LogP contribution in [0.3, 0.4) is 0 Å². The average molecular weight is 295 g/mol. The molecule has 0 spiro atoms. The fourth-order valence-electron chi connectivity index (χ4n) is 1.73. The molecule has 0 radical (unpaired) electrons. The zero-order valence-corrected chi connectivity index (χ0v) is 12.2. The predicted octanol–water partition coefficient (Wildman–Crippen LogP) is 5.16. The maximum Gasteiger partial charge on any atom is 0.0655 e. The number of hydrogen-bond acceptors (Lipinski definition) is 1. The van der Waals surface area contributed by atoms with E-state index in [9.17, 15) is 0 Å². The normalized spacial score (nSPS) is 12.8. The summed E-state index contributed by atoms with van der Waals surface area (Å²) in [5.74, 6) is 0. The lowest BCUT2D eigenvalue weighted by atomic mass is 10.0. The molecule has 0 aliphatic carbocycles. The SMILES string of the molecule is Cc1ccc(C(Br)c2cscc2C)cc1C. The van der Waals surface area contributed by atoms with Crippen LogP contribution in [0.4, 0.5) is 0 Å².